The van der Waals surface area contributed by atoms with Crippen LogP contribution in [0.1, 0.15) is 55.4 Å². The third kappa shape index (κ3) is 1.92. The van der Waals surface area contributed by atoms with E-state index < -0.39 is 17.5 Å². The summed E-state index contributed by atoms with van der Waals surface area (Å²) in [5.41, 5.74) is 0. The van der Waals surface area contributed by atoms with Gasteiger partial charge in [0.15, 0.2) is 0 Å². The SMILES string of the molecule is CCN(CC)P([O-])([O-])(C(C)(C)C)C(C)(C)C. The van der Waals surface area contributed by atoms with E-state index in [-0.39, 0.29) is 0 Å². The summed E-state index contributed by atoms with van der Waals surface area (Å²) in [6, 6.07) is 0. The van der Waals surface area contributed by atoms with E-state index >= 15 is 0 Å². The average Bonchev–Trinajstić information content (AvgIpc) is 2.01. The summed E-state index contributed by atoms with van der Waals surface area (Å²) in [6.07, 6.45) is 0. The summed E-state index contributed by atoms with van der Waals surface area (Å²) < 4.78 is 1.64. The van der Waals surface area contributed by atoms with Crippen LogP contribution in [0.25, 0.3) is 0 Å². The van der Waals surface area contributed by atoms with E-state index in [2.05, 4.69) is 0 Å². The Morgan fingerprint density at radius 3 is 1.12 bits per heavy atom. The van der Waals surface area contributed by atoms with Crippen molar-refractivity contribution in [1.82, 2.24) is 4.67 Å². The zero-order chi connectivity index (χ0) is 13.4. The first-order valence-corrected chi connectivity index (χ1v) is 8.08. The zero-order valence-electron chi connectivity index (χ0n) is 12.1. The maximum absolute atomic E-state index is 13.4. The standard InChI is InChI=1S/C12H28NO2P/c1-9-13(10-2)16(14,15,11(3,4)5)12(6,7)8/h9-10H2,1-8H3/q-2. The van der Waals surface area contributed by atoms with Crippen LogP contribution >= 0.6 is 7.21 Å². The molecule has 0 saturated heterocycles. The van der Waals surface area contributed by atoms with Crippen LogP contribution in [0.2, 0.25) is 0 Å². The molecule has 4 heteroatoms. The van der Waals surface area contributed by atoms with Gasteiger partial charge in [-0.3, -0.25) is 0 Å². The molecule has 0 radical (unpaired) electrons. The third-order valence-electron chi connectivity index (χ3n) is 3.61. The number of nitrogens with zero attached hydrogens (tertiary/aromatic N) is 1. The van der Waals surface area contributed by atoms with Crippen molar-refractivity contribution in [3.05, 3.63) is 0 Å². The van der Waals surface area contributed by atoms with Crippen molar-refractivity contribution in [3.63, 3.8) is 0 Å². The van der Waals surface area contributed by atoms with Crippen molar-refractivity contribution in [2.75, 3.05) is 13.1 Å². The first-order valence-electron chi connectivity index (χ1n) is 6.06. The van der Waals surface area contributed by atoms with Crippen molar-refractivity contribution < 1.29 is 9.79 Å². The molecular formula is C12H28NO2P-2. The Hall–Kier alpha value is 0.310. The van der Waals surface area contributed by atoms with Gasteiger partial charge in [0.25, 0.3) is 0 Å². The second-order valence-corrected chi connectivity index (χ2v) is 11.5. The minimum absolute atomic E-state index is 0.538. The second-order valence-electron chi connectivity index (χ2n) is 6.40. The van der Waals surface area contributed by atoms with Gasteiger partial charge in [-0.05, 0) is 0 Å². The van der Waals surface area contributed by atoms with Gasteiger partial charge in [-0.15, -0.1) is 0 Å². The van der Waals surface area contributed by atoms with E-state index in [1.807, 2.05) is 13.8 Å². The van der Waals surface area contributed by atoms with Crippen LogP contribution < -0.4 is 9.79 Å². The predicted octanol–water partition coefficient (Wildman–Crippen LogP) is 1.94. The molecule has 0 aromatic rings. The van der Waals surface area contributed by atoms with Crippen molar-refractivity contribution in [2.45, 2.75) is 65.7 Å². The average molecular weight is 249 g/mol. The Morgan fingerprint density at radius 2 is 1.06 bits per heavy atom. The molecule has 0 spiro atoms. The number of rotatable bonds is 3. The van der Waals surface area contributed by atoms with Gasteiger partial charge in [0, 0.05) is 0 Å². The first kappa shape index (κ1) is 16.3. The van der Waals surface area contributed by atoms with Crippen molar-refractivity contribution in [3.8, 4) is 0 Å². The molecular weight excluding hydrogens is 221 g/mol. The summed E-state index contributed by atoms with van der Waals surface area (Å²) in [5, 5.41) is -1.51. The van der Waals surface area contributed by atoms with E-state index in [9.17, 15) is 9.79 Å². The predicted molar refractivity (Wildman–Crippen MR) is 69.3 cm³/mol. The molecule has 0 saturated carbocycles. The zero-order valence-corrected chi connectivity index (χ0v) is 13.0. The summed E-state index contributed by atoms with van der Waals surface area (Å²) in [7, 11) is -4.44. The van der Waals surface area contributed by atoms with Crippen LogP contribution in [0.3, 0.4) is 0 Å². The van der Waals surface area contributed by atoms with Crippen molar-refractivity contribution in [1.29, 1.82) is 0 Å². The van der Waals surface area contributed by atoms with Gasteiger partial charge in [0.2, 0.25) is 0 Å². The Bertz CT molecular complexity index is 229. The monoisotopic (exact) mass is 249 g/mol. The number of hydrogen-bond acceptors (Lipinski definition) is 3. The quantitative estimate of drug-likeness (QED) is 0.718. The maximum atomic E-state index is 13.4. The van der Waals surface area contributed by atoms with Gasteiger partial charge in [0.05, 0.1) is 0 Å². The fraction of sp³-hybridized carbons (Fsp3) is 1.00. The molecule has 0 heterocycles. The van der Waals surface area contributed by atoms with Crippen LogP contribution in [0, 0.1) is 0 Å². The van der Waals surface area contributed by atoms with E-state index in [0.717, 1.165) is 0 Å². The van der Waals surface area contributed by atoms with Crippen LogP contribution in [-0.2, 0) is 0 Å². The van der Waals surface area contributed by atoms with Crippen LogP contribution in [0.4, 0.5) is 0 Å². The third-order valence-corrected chi connectivity index (χ3v) is 9.94. The van der Waals surface area contributed by atoms with Gasteiger partial charge in [-0.1, -0.05) is 0 Å². The van der Waals surface area contributed by atoms with Crippen molar-refractivity contribution >= 4 is 7.21 Å². The normalized spacial score (nSPS) is 17.3. The summed E-state index contributed by atoms with van der Waals surface area (Å²) in [5.74, 6) is 0. The Labute approximate surface area is 101 Å². The van der Waals surface area contributed by atoms with E-state index in [4.69, 9.17) is 0 Å². The minimum atomic E-state index is -4.44. The van der Waals surface area contributed by atoms with Crippen molar-refractivity contribution in [2.24, 2.45) is 0 Å². The molecule has 0 aromatic heterocycles. The molecule has 0 bridgehead atoms. The van der Waals surface area contributed by atoms with Crippen LogP contribution in [0.15, 0.2) is 0 Å². The Balaban J connectivity index is 5.91. The fourth-order valence-electron chi connectivity index (χ4n) is 2.59. The molecule has 100 valence electrons. The van der Waals surface area contributed by atoms with E-state index in [0.29, 0.717) is 13.1 Å². The van der Waals surface area contributed by atoms with Gasteiger partial charge in [0.1, 0.15) is 0 Å². The van der Waals surface area contributed by atoms with Gasteiger partial charge >= 0.3 is 100 Å². The van der Waals surface area contributed by atoms with Crippen LogP contribution in [-0.4, -0.2) is 28.1 Å². The molecule has 0 aliphatic heterocycles. The topological polar surface area (TPSA) is 49.4 Å². The molecule has 0 fully saturated rings. The molecule has 0 N–H and O–H groups in total. The number of hydrogen-bond donors (Lipinski definition) is 0. The molecule has 0 aliphatic carbocycles. The fourth-order valence-corrected chi connectivity index (χ4v) is 7.33. The summed E-state index contributed by atoms with van der Waals surface area (Å²) >= 11 is 0. The second kappa shape index (κ2) is 4.20. The van der Waals surface area contributed by atoms with E-state index in [1.165, 1.54) is 0 Å². The van der Waals surface area contributed by atoms with Crippen LogP contribution in [0.5, 0.6) is 0 Å². The Kier molecular flexibility index (Phi) is 4.28. The molecule has 0 atom stereocenters. The van der Waals surface area contributed by atoms with Gasteiger partial charge in [-0.2, -0.15) is 0 Å². The molecule has 0 aliphatic rings. The van der Waals surface area contributed by atoms with Gasteiger partial charge < -0.3 is 0 Å². The van der Waals surface area contributed by atoms with E-state index in [1.54, 1.807) is 46.2 Å². The van der Waals surface area contributed by atoms with Gasteiger partial charge in [-0.25, -0.2) is 0 Å². The molecule has 0 unspecified atom stereocenters. The molecule has 16 heavy (non-hydrogen) atoms. The molecule has 3 nitrogen and oxygen atoms in total. The summed E-state index contributed by atoms with van der Waals surface area (Å²) in [6.45, 7) is 15.7. The Morgan fingerprint density at radius 1 is 0.812 bits per heavy atom. The molecule has 0 amide bonds. The molecule has 0 aromatic carbocycles. The first-order chi connectivity index (χ1) is 6.83. The summed E-state index contributed by atoms with van der Waals surface area (Å²) in [4.78, 5) is 26.8. The molecule has 0 rings (SSSR count).